The van der Waals surface area contributed by atoms with E-state index in [1.54, 1.807) is 30.1 Å². The SMILES string of the molecule is Cn1ncnc1Sc1ncccc1/C(N)=N/O. The summed E-state index contributed by atoms with van der Waals surface area (Å²) in [6, 6.07) is 3.44. The number of aryl methyl sites for hydroxylation is 1. The molecule has 0 amide bonds. The topological polar surface area (TPSA) is 102 Å². The summed E-state index contributed by atoms with van der Waals surface area (Å²) >= 11 is 1.30. The van der Waals surface area contributed by atoms with Crippen molar-refractivity contribution in [1.29, 1.82) is 0 Å². The number of hydrogen-bond donors (Lipinski definition) is 2. The van der Waals surface area contributed by atoms with E-state index in [9.17, 15) is 0 Å². The van der Waals surface area contributed by atoms with E-state index in [2.05, 4.69) is 20.2 Å². The van der Waals surface area contributed by atoms with Crippen LogP contribution in [0.1, 0.15) is 5.56 Å². The second kappa shape index (κ2) is 4.83. The van der Waals surface area contributed by atoms with Crippen molar-refractivity contribution >= 4 is 17.6 Å². The molecule has 7 nitrogen and oxygen atoms in total. The van der Waals surface area contributed by atoms with Gasteiger partial charge in [0.05, 0.1) is 5.56 Å². The van der Waals surface area contributed by atoms with Gasteiger partial charge >= 0.3 is 0 Å². The Bertz CT molecular complexity index is 552. The number of amidine groups is 1. The van der Waals surface area contributed by atoms with Gasteiger partial charge in [-0.05, 0) is 23.9 Å². The molecule has 0 spiro atoms. The average molecular weight is 250 g/mol. The van der Waals surface area contributed by atoms with Crippen molar-refractivity contribution in [2.45, 2.75) is 10.2 Å². The Kier molecular flexibility index (Phi) is 3.24. The zero-order valence-electron chi connectivity index (χ0n) is 8.98. The van der Waals surface area contributed by atoms with Gasteiger partial charge in [0.1, 0.15) is 11.4 Å². The molecule has 0 aliphatic rings. The third kappa shape index (κ3) is 2.36. The van der Waals surface area contributed by atoms with Gasteiger partial charge in [-0.15, -0.1) is 0 Å². The third-order valence-corrected chi connectivity index (χ3v) is 3.08. The fraction of sp³-hybridized carbons (Fsp3) is 0.111. The number of nitrogens with zero attached hydrogens (tertiary/aromatic N) is 5. The lowest BCUT2D eigenvalue weighted by Gasteiger charge is -2.05. The van der Waals surface area contributed by atoms with Gasteiger partial charge < -0.3 is 10.9 Å². The zero-order chi connectivity index (χ0) is 12.3. The molecular formula is C9H10N6OS. The molecule has 0 atom stereocenters. The van der Waals surface area contributed by atoms with Crippen LogP contribution in [0, 0.1) is 0 Å². The second-order valence-electron chi connectivity index (χ2n) is 3.11. The highest BCUT2D eigenvalue weighted by Crippen LogP contribution is 2.25. The molecule has 0 radical (unpaired) electrons. The Labute approximate surface area is 101 Å². The van der Waals surface area contributed by atoms with Crippen LogP contribution in [0.2, 0.25) is 0 Å². The van der Waals surface area contributed by atoms with Crippen molar-refractivity contribution in [2.75, 3.05) is 0 Å². The molecule has 2 heterocycles. The van der Waals surface area contributed by atoms with Crippen molar-refractivity contribution in [1.82, 2.24) is 19.7 Å². The summed E-state index contributed by atoms with van der Waals surface area (Å²) in [5, 5.41) is 16.9. The molecule has 2 aromatic rings. The van der Waals surface area contributed by atoms with Crippen LogP contribution in [0.15, 0.2) is 40.0 Å². The van der Waals surface area contributed by atoms with E-state index in [0.29, 0.717) is 15.7 Å². The average Bonchev–Trinajstić information content (AvgIpc) is 2.75. The molecule has 2 rings (SSSR count). The molecule has 8 heteroatoms. The van der Waals surface area contributed by atoms with E-state index in [4.69, 9.17) is 10.9 Å². The first-order valence-corrected chi connectivity index (χ1v) is 5.48. The minimum Gasteiger partial charge on any atom is -0.409 e. The largest absolute Gasteiger partial charge is 0.409 e. The van der Waals surface area contributed by atoms with Crippen molar-refractivity contribution in [2.24, 2.45) is 17.9 Å². The Morgan fingerprint density at radius 2 is 2.35 bits per heavy atom. The Balaban J connectivity index is 2.36. The Hall–Kier alpha value is -2.09. The fourth-order valence-electron chi connectivity index (χ4n) is 1.19. The van der Waals surface area contributed by atoms with Gasteiger partial charge in [-0.25, -0.2) is 14.6 Å². The molecular weight excluding hydrogens is 240 g/mol. The first kappa shape index (κ1) is 11.4. The van der Waals surface area contributed by atoms with E-state index in [1.165, 1.54) is 18.1 Å². The van der Waals surface area contributed by atoms with Crippen LogP contribution in [0.5, 0.6) is 0 Å². The van der Waals surface area contributed by atoms with Crippen LogP contribution in [-0.2, 0) is 7.05 Å². The molecule has 0 aliphatic heterocycles. The number of hydrogen-bond acceptors (Lipinski definition) is 6. The van der Waals surface area contributed by atoms with Crippen LogP contribution in [0.4, 0.5) is 0 Å². The van der Waals surface area contributed by atoms with Gasteiger partial charge in [0.2, 0.25) is 0 Å². The standard InChI is InChI=1S/C9H10N6OS/c1-15-9(12-5-13-15)17-8-6(7(10)14-16)3-2-4-11-8/h2-5,16H,1H3,(H2,10,14). The van der Waals surface area contributed by atoms with Gasteiger partial charge in [0.15, 0.2) is 11.0 Å². The molecule has 0 saturated carbocycles. The summed E-state index contributed by atoms with van der Waals surface area (Å²) in [5.41, 5.74) is 6.12. The monoisotopic (exact) mass is 250 g/mol. The maximum absolute atomic E-state index is 8.69. The normalized spacial score (nSPS) is 11.7. The predicted molar refractivity (Wildman–Crippen MR) is 61.9 cm³/mol. The summed E-state index contributed by atoms with van der Waals surface area (Å²) in [6.07, 6.45) is 3.08. The fourth-order valence-corrected chi connectivity index (χ4v) is 2.03. The molecule has 0 aromatic carbocycles. The quantitative estimate of drug-likeness (QED) is 0.355. The number of aromatic nitrogens is 4. The summed E-state index contributed by atoms with van der Waals surface area (Å²) in [6.45, 7) is 0. The van der Waals surface area contributed by atoms with Crippen molar-refractivity contribution < 1.29 is 5.21 Å². The number of nitrogens with two attached hydrogens (primary N) is 1. The van der Waals surface area contributed by atoms with Gasteiger partial charge in [-0.1, -0.05) is 5.16 Å². The van der Waals surface area contributed by atoms with E-state index in [-0.39, 0.29) is 5.84 Å². The summed E-state index contributed by atoms with van der Waals surface area (Å²) in [7, 11) is 1.78. The second-order valence-corrected chi connectivity index (χ2v) is 4.07. The van der Waals surface area contributed by atoms with E-state index >= 15 is 0 Å². The molecule has 0 unspecified atom stereocenters. The first-order chi connectivity index (χ1) is 8.22. The van der Waals surface area contributed by atoms with Crippen molar-refractivity contribution in [3.63, 3.8) is 0 Å². The van der Waals surface area contributed by atoms with Crippen LogP contribution in [0.3, 0.4) is 0 Å². The molecule has 0 saturated heterocycles. The maximum atomic E-state index is 8.69. The lowest BCUT2D eigenvalue weighted by Crippen LogP contribution is -2.14. The minimum absolute atomic E-state index is 0.0165. The maximum Gasteiger partial charge on any atom is 0.192 e. The van der Waals surface area contributed by atoms with Crippen LogP contribution >= 0.6 is 11.8 Å². The highest BCUT2D eigenvalue weighted by Gasteiger charge is 2.12. The minimum atomic E-state index is 0.0165. The predicted octanol–water partition coefficient (Wildman–Crippen LogP) is 0.456. The third-order valence-electron chi connectivity index (χ3n) is 2.01. The van der Waals surface area contributed by atoms with Crippen LogP contribution < -0.4 is 5.73 Å². The Morgan fingerprint density at radius 3 is 3.00 bits per heavy atom. The Morgan fingerprint density at radius 1 is 1.53 bits per heavy atom. The number of oxime groups is 1. The van der Waals surface area contributed by atoms with Gasteiger partial charge in [-0.3, -0.25) is 0 Å². The van der Waals surface area contributed by atoms with Crippen molar-refractivity contribution in [3.8, 4) is 0 Å². The zero-order valence-corrected chi connectivity index (χ0v) is 9.79. The smallest absolute Gasteiger partial charge is 0.192 e. The highest BCUT2D eigenvalue weighted by molar-refractivity contribution is 7.99. The lowest BCUT2D eigenvalue weighted by atomic mass is 10.3. The van der Waals surface area contributed by atoms with E-state index in [1.807, 2.05) is 0 Å². The summed E-state index contributed by atoms with van der Waals surface area (Å²) < 4.78 is 1.62. The molecule has 3 N–H and O–H groups in total. The molecule has 17 heavy (non-hydrogen) atoms. The highest BCUT2D eigenvalue weighted by atomic mass is 32.2. The van der Waals surface area contributed by atoms with Gasteiger partial charge in [0.25, 0.3) is 0 Å². The molecule has 0 bridgehead atoms. The molecule has 2 aromatic heterocycles. The van der Waals surface area contributed by atoms with Crippen molar-refractivity contribution in [3.05, 3.63) is 30.2 Å². The van der Waals surface area contributed by atoms with E-state index in [0.717, 1.165) is 0 Å². The van der Waals surface area contributed by atoms with Crippen LogP contribution in [-0.4, -0.2) is 30.8 Å². The molecule has 88 valence electrons. The number of pyridine rings is 1. The lowest BCUT2D eigenvalue weighted by molar-refractivity contribution is 0.318. The summed E-state index contributed by atoms with van der Waals surface area (Å²) in [4.78, 5) is 8.24. The number of rotatable bonds is 3. The first-order valence-electron chi connectivity index (χ1n) is 4.67. The molecule has 0 aliphatic carbocycles. The van der Waals surface area contributed by atoms with Gasteiger partial charge in [0, 0.05) is 13.2 Å². The van der Waals surface area contributed by atoms with Crippen LogP contribution in [0.25, 0.3) is 0 Å². The van der Waals surface area contributed by atoms with Gasteiger partial charge in [-0.2, -0.15) is 5.10 Å². The summed E-state index contributed by atoms with van der Waals surface area (Å²) in [5.74, 6) is 0.0165. The van der Waals surface area contributed by atoms with E-state index < -0.39 is 0 Å². The molecule has 0 fully saturated rings.